The highest BCUT2D eigenvalue weighted by atomic mass is 16.5. The Labute approximate surface area is 131 Å². The van der Waals surface area contributed by atoms with Crippen LogP contribution in [0.4, 0.5) is 5.82 Å². The van der Waals surface area contributed by atoms with Crippen LogP contribution in [0.25, 0.3) is 0 Å². The SMILES string of the molecule is COCCN1CCCC2(CCN(c3ccc(C)nn3)C2)C1=O. The summed E-state index contributed by atoms with van der Waals surface area (Å²) in [6, 6.07) is 3.97. The number of likely N-dealkylation sites (tertiary alicyclic amines) is 1. The van der Waals surface area contributed by atoms with Crippen LogP contribution in [0.1, 0.15) is 25.0 Å². The highest BCUT2D eigenvalue weighted by Crippen LogP contribution is 2.41. The summed E-state index contributed by atoms with van der Waals surface area (Å²) in [6.45, 7) is 5.72. The Morgan fingerprint density at radius 2 is 2.14 bits per heavy atom. The van der Waals surface area contributed by atoms with Gasteiger partial charge in [0.25, 0.3) is 0 Å². The van der Waals surface area contributed by atoms with E-state index in [4.69, 9.17) is 4.74 Å². The van der Waals surface area contributed by atoms with E-state index in [9.17, 15) is 4.79 Å². The van der Waals surface area contributed by atoms with Crippen LogP contribution in [-0.2, 0) is 9.53 Å². The zero-order valence-electron chi connectivity index (χ0n) is 13.4. The number of methoxy groups -OCH3 is 1. The number of aryl methyl sites for hydroxylation is 1. The van der Waals surface area contributed by atoms with Gasteiger partial charge in [-0.25, -0.2) is 0 Å². The molecular weight excluding hydrogens is 280 g/mol. The van der Waals surface area contributed by atoms with Crippen molar-refractivity contribution in [1.29, 1.82) is 0 Å². The molecule has 1 atom stereocenters. The summed E-state index contributed by atoms with van der Waals surface area (Å²) in [5.41, 5.74) is 0.676. The molecular formula is C16H24N4O2. The summed E-state index contributed by atoms with van der Waals surface area (Å²) in [5.74, 6) is 1.17. The maximum Gasteiger partial charge on any atom is 0.230 e. The van der Waals surface area contributed by atoms with Crippen LogP contribution < -0.4 is 4.90 Å². The molecule has 2 fully saturated rings. The van der Waals surface area contributed by atoms with Crippen molar-refractivity contribution in [2.24, 2.45) is 5.41 Å². The van der Waals surface area contributed by atoms with Gasteiger partial charge in [0, 0.05) is 33.3 Å². The van der Waals surface area contributed by atoms with Crippen molar-refractivity contribution >= 4 is 11.7 Å². The number of carbonyl (C=O) groups excluding carboxylic acids is 1. The number of amides is 1. The first-order valence-corrected chi connectivity index (χ1v) is 7.98. The predicted molar refractivity (Wildman–Crippen MR) is 83.7 cm³/mol. The molecule has 3 heterocycles. The average molecular weight is 304 g/mol. The first-order valence-electron chi connectivity index (χ1n) is 7.98. The molecule has 2 aliphatic heterocycles. The minimum atomic E-state index is -0.238. The fourth-order valence-electron chi connectivity index (χ4n) is 3.57. The summed E-state index contributed by atoms with van der Waals surface area (Å²) in [4.78, 5) is 17.1. The Kier molecular flexibility index (Phi) is 4.29. The molecule has 1 aromatic rings. The second kappa shape index (κ2) is 6.20. The molecule has 3 rings (SSSR count). The number of hydrogen-bond donors (Lipinski definition) is 0. The lowest BCUT2D eigenvalue weighted by atomic mass is 9.78. The van der Waals surface area contributed by atoms with Crippen molar-refractivity contribution in [2.45, 2.75) is 26.2 Å². The van der Waals surface area contributed by atoms with E-state index < -0.39 is 0 Å². The molecule has 22 heavy (non-hydrogen) atoms. The monoisotopic (exact) mass is 304 g/mol. The normalized spacial score (nSPS) is 25.3. The van der Waals surface area contributed by atoms with Gasteiger partial charge < -0.3 is 14.5 Å². The first kappa shape index (κ1) is 15.2. The largest absolute Gasteiger partial charge is 0.383 e. The summed E-state index contributed by atoms with van der Waals surface area (Å²) < 4.78 is 5.12. The summed E-state index contributed by atoms with van der Waals surface area (Å²) in [7, 11) is 1.68. The zero-order valence-corrected chi connectivity index (χ0v) is 13.4. The molecule has 0 radical (unpaired) electrons. The van der Waals surface area contributed by atoms with Gasteiger partial charge in [-0.05, 0) is 38.3 Å². The van der Waals surface area contributed by atoms with Crippen LogP contribution in [0.15, 0.2) is 12.1 Å². The third-order valence-corrected chi connectivity index (χ3v) is 4.85. The molecule has 120 valence electrons. The van der Waals surface area contributed by atoms with Crippen LogP contribution in [0.5, 0.6) is 0 Å². The van der Waals surface area contributed by atoms with Gasteiger partial charge in [-0.2, -0.15) is 5.10 Å². The van der Waals surface area contributed by atoms with Crippen LogP contribution >= 0.6 is 0 Å². The number of nitrogens with zero attached hydrogens (tertiary/aromatic N) is 4. The van der Waals surface area contributed by atoms with Gasteiger partial charge in [0.2, 0.25) is 5.91 Å². The molecule has 1 unspecified atom stereocenters. The molecule has 1 spiro atoms. The molecule has 0 bridgehead atoms. The van der Waals surface area contributed by atoms with E-state index in [1.807, 2.05) is 24.0 Å². The molecule has 6 nitrogen and oxygen atoms in total. The van der Waals surface area contributed by atoms with Gasteiger partial charge >= 0.3 is 0 Å². The van der Waals surface area contributed by atoms with Gasteiger partial charge in [0.15, 0.2) is 5.82 Å². The number of aromatic nitrogens is 2. The molecule has 1 amide bonds. The fraction of sp³-hybridized carbons (Fsp3) is 0.688. The van der Waals surface area contributed by atoms with E-state index in [0.717, 1.165) is 50.4 Å². The summed E-state index contributed by atoms with van der Waals surface area (Å²) in [6.07, 6.45) is 2.96. The van der Waals surface area contributed by atoms with Crippen molar-refractivity contribution in [2.75, 3.05) is 44.8 Å². The van der Waals surface area contributed by atoms with Gasteiger partial charge in [0.1, 0.15) is 0 Å². The highest BCUT2D eigenvalue weighted by Gasteiger charge is 2.48. The van der Waals surface area contributed by atoms with E-state index in [0.29, 0.717) is 19.1 Å². The zero-order chi connectivity index (χ0) is 15.6. The highest BCUT2D eigenvalue weighted by molar-refractivity contribution is 5.85. The quantitative estimate of drug-likeness (QED) is 0.838. The number of carbonyl (C=O) groups is 1. The fourth-order valence-corrected chi connectivity index (χ4v) is 3.57. The van der Waals surface area contributed by atoms with Crippen molar-refractivity contribution in [3.8, 4) is 0 Å². The van der Waals surface area contributed by atoms with Crippen molar-refractivity contribution in [1.82, 2.24) is 15.1 Å². The molecule has 0 aliphatic carbocycles. The number of rotatable bonds is 4. The Balaban J connectivity index is 1.71. The van der Waals surface area contributed by atoms with Gasteiger partial charge in [-0.3, -0.25) is 4.79 Å². The third kappa shape index (κ3) is 2.79. The number of ether oxygens (including phenoxy) is 1. The second-order valence-corrected chi connectivity index (χ2v) is 6.37. The van der Waals surface area contributed by atoms with Crippen molar-refractivity contribution in [3.05, 3.63) is 17.8 Å². The van der Waals surface area contributed by atoms with Crippen LogP contribution in [0.3, 0.4) is 0 Å². The first-order chi connectivity index (χ1) is 10.6. The maximum absolute atomic E-state index is 12.9. The van der Waals surface area contributed by atoms with Gasteiger partial charge in [0.05, 0.1) is 17.7 Å². The summed E-state index contributed by atoms with van der Waals surface area (Å²) >= 11 is 0. The standard InChI is InChI=1S/C16H24N4O2/c1-13-4-5-14(18-17-13)20-9-7-16(12-20)6-3-8-19(15(16)21)10-11-22-2/h4-5H,3,6-12H2,1-2H3. The summed E-state index contributed by atoms with van der Waals surface area (Å²) in [5, 5.41) is 8.39. The number of piperidine rings is 1. The van der Waals surface area contributed by atoms with Crippen molar-refractivity contribution in [3.63, 3.8) is 0 Å². The Morgan fingerprint density at radius 3 is 2.86 bits per heavy atom. The van der Waals surface area contributed by atoms with Crippen LogP contribution in [-0.4, -0.2) is 60.9 Å². The Hall–Kier alpha value is -1.69. The molecule has 6 heteroatoms. The minimum absolute atomic E-state index is 0.238. The average Bonchev–Trinajstić information content (AvgIpc) is 2.95. The van der Waals surface area contributed by atoms with E-state index in [1.54, 1.807) is 7.11 Å². The lowest BCUT2D eigenvalue weighted by molar-refractivity contribution is -0.145. The smallest absolute Gasteiger partial charge is 0.230 e. The van der Waals surface area contributed by atoms with Crippen molar-refractivity contribution < 1.29 is 9.53 Å². The van der Waals surface area contributed by atoms with E-state index in [2.05, 4.69) is 15.1 Å². The van der Waals surface area contributed by atoms with Gasteiger partial charge in [-0.1, -0.05) is 0 Å². The van der Waals surface area contributed by atoms with E-state index >= 15 is 0 Å². The lowest BCUT2D eigenvalue weighted by Crippen LogP contribution is -2.51. The van der Waals surface area contributed by atoms with E-state index in [1.165, 1.54) is 0 Å². The molecule has 0 saturated carbocycles. The number of hydrogen-bond acceptors (Lipinski definition) is 5. The molecule has 1 aromatic heterocycles. The molecule has 0 aromatic carbocycles. The Morgan fingerprint density at radius 1 is 1.27 bits per heavy atom. The molecule has 2 saturated heterocycles. The molecule has 2 aliphatic rings. The third-order valence-electron chi connectivity index (χ3n) is 4.85. The minimum Gasteiger partial charge on any atom is -0.383 e. The van der Waals surface area contributed by atoms with Crippen LogP contribution in [0, 0.1) is 12.3 Å². The topological polar surface area (TPSA) is 58.6 Å². The van der Waals surface area contributed by atoms with Gasteiger partial charge in [-0.15, -0.1) is 5.10 Å². The maximum atomic E-state index is 12.9. The van der Waals surface area contributed by atoms with Crippen LogP contribution in [0.2, 0.25) is 0 Å². The van der Waals surface area contributed by atoms with E-state index in [-0.39, 0.29) is 5.41 Å². The predicted octanol–water partition coefficient (Wildman–Crippen LogP) is 1.25. The lowest BCUT2D eigenvalue weighted by Gasteiger charge is -2.39. The Bertz CT molecular complexity index is 533. The molecule has 0 N–H and O–H groups in total. The second-order valence-electron chi connectivity index (χ2n) is 6.37. The number of anilines is 1.